The van der Waals surface area contributed by atoms with Crippen LogP contribution < -0.4 is 10.9 Å². The molecule has 0 unspecified atom stereocenters. The van der Waals surface area contributed by atoms with Crippen LogP contribution in [0.1, 0.15) is 47.2 Å². The van der Waals surface area contributed by atoms with Crippen LogP contribution in [-0.2, 0) is 9.59 Å². The summed E-state index contributed by atoms with van der Waals surface area (Å²) in [4.78, 5) is 38.8. The molecule has 9 heteroatoms. The van der Waals surface area contributed by atoms with E-state index in [2.05, 4.69) is 10.9 Å². The highest BCUT2D eigenvalue weighted by Gasteiger charge is 2.31. The summed E-state index contributed by atoms with van der Waals surface area (Å²) in [6, 6.07) is 14.3. The largest absolute Gasteiger partial charge is 0.293 e. The van der Waals surface area contributed by atoms with Crippen molar-refractivity contribution in [2.75, 3.05) is 6.54 Å². The van der Waals surface area contributed by atoms with Gasteiger partial charge in [0, 0.05) is 23.6 Å². The molecule has 3 amide bonds. The lowest BCUT2D eigenvalue weighted by molar-refractivity contribution is -0.123. The van der Waals surface area contributed by atoms with Gasteiger partial charge in [0.05, 0.1) is 4.91 Å². The SMILES string of the molecule is Cc1ccc(C(=O)NNC(=O)CCCCCN2C(=O)/C(=C/c3ccc(Cl)cc3)SC2=S)cc1. The number of rotatable bonds is 8. The molecule has 1 aliphatic rings. The second-order valence-corrected chi connectivity index (χ2v) is 9.68. The molecular weight excluding hydrogens is 478 g/mol. The highest BCUT2D eigenvalue weighted by Crippen LogP contribution is 2.32. The van der Waals surface area contributed by atoms with E-state index in [-0.39, 0.29) is 24.1 Å². The molecule has 0 aliphatic carbocycles. The van der Waals surface area contributed by atoms with Gasteiger partial charge in [-0.1, -0.05) is 71.8 Å². The first kappa shape index (κ1) is 25.0. The van der Waals surface area contributed by atoms with Crippen LogP contribution >= 0.6 is 35.6 Å². The fourth-order valence-corrected chi connectivity index (χ4v) is 4.54. The number of aryl methyl sites for hydroxylation is 1. The zero-order valence-electron chi connectivity index (χ0n) is 18.1. The van der Waals surface area contributed by atoms with Crippen molar-refractivity contribution in [2.24, 2.45) is 0 Å². The van der Waals surface area contributed by atoms with Gasteiger partial charge in [0.15, 0.2) is 0 Å². The van der Waals surface area contributed by atoms with Crippen molar-refractivity contribution in [3.8, 4) is 0 Å². The molecule has 1 aliphatic heterocycles. The van der Waals surface area contributed by atoms with Crippen molar-refractivity contribution in [2.45, 2.75) is 32.6 Å². The van der Waals surface area contributed by atoms with Gasteiger partial charge in [0.25, 0.3) is 11.8 Å². The van der Waals surface area contributed by atoms with Crippen molar-refractivity contribution in [1.82, 2.24) is 15.8 Å². The van der Waals surface area contributed by atoms with Crippen molar-refractivity contribution < 1.29 is 14.4 Å². The zero-order valence-corrected chi connectivity index (χ0v) is 20.5. The lowest BCUT2D eigenvalue weighted by Crippen LogP contribution is -2.41. The number of thiocarbonyl (C=S) groups is 1. The van der Waals surface area contributed by atoms with E-state index in [1.54, 1.807) is 29.2 Å². The van der Waals surface area contributed by atoms with Crippen molar-refractivity contribution in [1.29, 1.82) is 0 Å². The number of hydrazine groups is 1. The second-order valence-electron chi connectivity index (χ2n) is 7.56. The summed E-state index contributed by atoms with van der Waals surface area (Å²) in [6.45, 7) is 2.45. The number of amides is 3. The summed E-state index contributed by atoms with van der Waals surface area (Å²) in [5.74, 6) is -0.715. The van der Waals surface area contributed by atoms with Crippen LogP contribution in [0.2, 0.25) is 5.02 Å². The molecule has 6 nitrogen and oxygen atoms in total. The second kappa shape index (κ2) is 12.0. The fraction of sp³-hybridized carbons (Fsp3) is 0.250. The Bertz CT molecular complexity index is 1070. The molecule has 1 saturated heterocycles. The molecular formula is C24H24ClN3O3S2. The Morgan fingerprint density at radius 2 is 1.73 bits per heavy atom. The monoisotopic (exact) mass is 501 g/mol. The minimum absolute atomic E-state index is 0.100. The molecule has 0 bridgehead atoms. The average Bonchev–Trinajstić information content (AvgIpc) is 3.06. The third kappa shape index (κ3) is 7.42. The van der Waals surface area contributed by atoms with E-state index < -0.39 is 0 Å². The number of nitrogens with zero attached hydrogens (tertiary/aromatic N) is 1. The molecule has 0 saturated carbocycles. The lowest BCUT2D eigenvalue weighted by Gasteiger charge is -2.14. The van der Waals surface area contributed by atoms with E-state index in [1.165, 1.54) is 11.8 Å². The Hall–Kier alpha value is -2.68. The molecule has 33 heavy (non-hydrogen) atoms. The molecule has 172 valence electrons. The molecule has 2 aromatic carbocycles. The normalized spacial score (nSPS) is 14.6. The first-order valence-corrected chi connectivity index (χ1v) is 12.1. The van der Waals surface area contributed by atoms with E-state index in [1.807, 2.05) is 37.3 Å². The summed E-state index contributed by atoms with van der Waals surface area (Å²) >= 11 is 12.6. The highest BCUT2D eigenvalue weighted by atomic mass is 35.5. The van der Waals surface area contributed by atoms with Gasteiger partial charge in [-0.15, -0.1) is 0 Å². The minimum atomic E-state index is -0.357. The van der Waals surface area contributed by atoms with Crippen LogP contribution in [0.4, 0.5) is 0 Å². The topological polar surface area (TPSA) is 78.5 Å². The number of carbonyl (C=O) groups is 3. The molecule has 0 atom stereocenters. The molecule has 1 heterocycles. The first-order chi connectivity index (χ1) is 15.8. The van der Waals surface area contributed by atoms with Gasteiger partial charge in [-0.2, -0.15) is 0 Å². The lowest BCUT2D eigenvalue weighted by atomic mass is 10.1. The maximum atomic E-state index is 12.7. The maximum absolute atomic E-state index is 12.7. The van der Waals surface area contributed by atoms with E-state index in [0.29, 0.717) is 32.8 Å². The van der Waals surface area contributed by atoms with Gasteiger partial charge in [0.1, 0.15) is 4.32 Å². The molecule has 0 aromatic heterocycles. The van der Waals surface area contributed by atoms with Gasteiger partial charge >= 0.3 is 0 Å². The predicted molar refractivity (Wildman–Crippen MR) is 137 cm³/mol. The standard InChI is InChI=1S/C24H24ClN3O3S2/c1-16-6-10-18(11-7-16)22(30)27-26-21(29)5-3-2-4-14-28-23(31)20(33-24(28)32)15-17-8-12-19(25)13-9-17/h6-13,15H,2-5,14H2,1H3,(H,26,29)(H,27,30)/b20-15-. The van der Waals surface area contributed by atoms with Crippen LogP contribution in [0.15, 0.2) is 53.4 Å². The van der Waals surface area contributed by atoms with E-state index >= 15 is 0 Å². The smallest absolute Gasteiger partial charge is 0.269 e. The molecule has 2 N–H and O–H groups in total. The zero-order chi connectivity index (χ0) is 23.8. The number of benzene rings is 2. The minimum Gasteiger partial charge on any atom is -0.293 e. The number of hydrogen-bond donors (Lipinski definition) is 2. The van der Waals surface area contributed by atoms with E-state index in [4.69, 9.17) is 23.8 Å². The number of nitrogens with one attached hydrogen (secondary N) is 2. The number of thioether (sulfide) groups is 1. The Morgan fingerprint density at radius 1 is 1.03 bits per heavy atom. The molecule has 3 rings (SSSR count). The quantitative estimate of drug-likeness (QED) is 0.233. The average molecular weight is 502 g/mol. The first-order valence-electron chi connectivity index (χ1n) is 10.5. The number of carbonyl (C=O) groups excluding carboxylic acids is 3. The number of hydrogen-bond acceptors (Lipinski definition) is 5. The van der Waals surface area contributed by atoms with Crippen LogP contribution in [0.3, 0.4) is 0 Å². The number of halogens is 1. The third-order valence-corrected chi connectivity index (χ3v) is 6.59. The van der Waals surface area contributed by atoms with Gasteiger partial charge in [0.2, 0.25) is 5.91 Å². The molecule has 0 radical (unpaired) electrons. The van der Waals surface area contributed by atoms with E-state index in [9.17, 15) is 14.4 Å². The highest BCUT2D eigenvalue weighted by molar-refractivity contribution is 8.26. The van der Waals surface area contributed by atoms with E-state index in [0.717, 1.165) is 24.0 Å². The predicted octanol–water partition coefficient (Wildman–Crippen LogP) is 4.87. The summed E-state index contributed by atoms with van der Waals surface area (Å²) < 4.78 is 0.539. The van der Waals surface area contributed by atoms with Crippen molar-refractivity contribution in [3.05, 3.63) is 75.1 Å². The Kier molecular flexibility index (Phi) is 9.05. The van der Waals surface area contributed by atoms with Crippen LogP contribution in [0, 0.1) is 6.92 Å². The number of unbranched alkanes of at least 4 members (excludes halogenated alkanes) is 2. The summed E-state index contributed by atoms with van der Waals surface area (Å²) in [7, 11) is 0. The molecule has 0 spiro atoms. The van der Waals surface area contributed by atoms with Crippen molar-refractivity contribution >= 4 is 63.7 Å². The summed E-state index contributed by atoms with van der Waals surface area (Å²) in [5, 5.41) is 0.641. The maximum Gasteiger partial charge on any atom is 0.269 e. The fourth-order valence-electron chi connectivity index (χ4n) is 3.10. The van der Waals surface area contributed by atoms with Crippen LogP contribution in [0.5, 0.6) is 0 Å². The van der Waals surface area contributed by atoms with Gasteiger partial charge in [-0.25, -0.2) is 0 Å². The van der Waals surface area contributed by atoms with Crippen LogP contribution in [-0.4, -0.2) is 33.5 Å². The van der Waals surface area contributed by atoms with Gasteiger partial charge in [-0.3, -0.25) is 30.1 Å². The Balaban J connectivity index is 1.35. The third-order valence-electron chi connectivity index (χ3n) is 4.96. The Labute approximate surface area is 207 Å². The summed E-state index contributed by atoms with van der Waals surface area (Å²) in [5.41, 5.74) is 7.27. The van der Waals surface area contributed by atoms with Gasteiger partial charge < -0.3 is 0 Å². The molecule has 1 fully saturated rings. The Morgan fingerprint density at radius 3 is 2.42 bits per heavy atom. The van der Waals surface area contributed by atoms with Crippen LogP contribution in [0.25, 0.3) is 6.08 Å². The molecule has 2 aromatic rings. The summed E-state index contributed by atoms with van der Waals surface area (Å²) in [6.07, 6.45) is 4.21. The van der Waals surface area contributed by atoms with Crippen molar-refractivity contribution in [3.63, 3.8) is 0 Å². The van der Waals surface area contributed by atoms with Gasteiger partial charge in [-0.05, 0) is 55.7 Å².